The molecule has 1 aliphatic heterocycles. The zero-order chi connectivity index (χ0) is 13.8. The molecular weight excluding hydrogens is 244 g/mol. The number of nitrogen functional groups attached to an aromatic ring is 1. The van der Waals surface area contributed by atoms with E-state index >= 15 is 0 Å². The fourth-order valence-corrected chi connectivity index (χ4v) is 2.21. The van der Waals surface area contributed by atoms with E-state index in [4.69, 9.17) is 15.2 Å². The summed E-state index contributed by atoms with van der Waals surface area (Å²) in [5.74, 6) is 0.708. The van der Waals surface area contributed by atoms with Gasteiger partial charge in [-0.15, -0.1) is 0 Å². The van der Waals surface area contributed by atoms with E-state index in [1.807, 2.05) is 32.0 Å². The Kier molecular flexibility index (Phi) is 4.50. The van der Waals surface area contributed by atoms with Crippen LogP contribution in [0.25, 0.3) is 0 Å². The first kappa shape index (κ1) is 14.0. The third kappa shape index (κ3) is 3.30. The normalized spacial score (nSPS) is 19.8. The number of morpholine rings is 1. The van der Waals surface area contributed by atoms with Crippen molar-refractivity contribution in [2.75, 3.05) is 36.9 Å². The molecule has 1 aromatic rings. The Balaban J connectivity index is 2.19. The predicted molar refractivity (Wildman–Crippen MR) is 75.7 cm³/mol. The van der Waals surface area contributed by atoms with Gasteiger partial charge >= 0.3 is 0 Å². The molecule has 0 spiro atoms. The van der Waals surface area contributed by atoms with Gasteiger partial charge in [0.1, 0.15) is 5.75 Å². The summed E-state index contributed by atoms with van der Waals surface area (Å²) >= 11 is 0. The SMILES string of the molecule is CC(C)Oc1cccc(N2CCOC(CO)C2)c1N. The lowest BCUT2D eigenvalue weighted by molar-refractivity contribution is 0.00359. The molecule has 0 amide bonds. The highest BCUT2D eigenvalue weighted by Gasteiger charge is 2.22. The molecule has 2 rings (SSSR count). The van der Waals surface area contributed by atoms with Crippen LogP contribution in [0.1, 0.15) is 13.8 Å². The fourth-order valence-electron chi connectivity index (χ4n) is 2.21. The van der Waals surface area contributed by atoms with Gasteiger partial charge in [-0.1, -0.05) is 6.07 Å². The molecule has 1 fully saturated rings. The monoisotopic (exact) mass is 266 g/mol. The van der Waals surface area contributed by atoms with E-state index in [0.717, 1.165) is 12.2 Å². The van der Waals surface area contributed by atoms with Crippen molar-refractivity contribution in [3.63, 3.8) is 0 Å². The summed E-state index contributed by atoms with van der Waals surface area (Å²) in [6.45, 7) is 5.99. The molecule has 0 radical (unpaired) electrons. The second-order valence-electron chi connectivity index (χ2n) is 4.98. The van der Waals surface area contributed by atoms with Gasteiger partial charge in [-0.25, -0.2) is 0 Å². The number of nitrogens with zero attached hydrogens (tertiary/aromatic N) is 1. The van der Waals surface area contributed by atoms with Gasteiger partial charge in [0.2, 0.25) is 0 Å². The molecule has 3 N–H and O–H groups in total. The fraction of sp³-hybridized carbons (Fsp3) is 0.571. The number of para-hydroxylation sites is 1. The van der Waals surface area contributed by atoms with Crippen LogP contribution in [0.3, 0.4) is 0 Å². The number of hydrogen-bond acceptors (Lipinski definition) is 5. The Morgan fingerprint density at radius 3 is 3.00 bits per heavy atom. The maximum absolute atomic E-state index is 9.19. The van der Waals surface area contributed by atoms with Crippen LogP contribution in [-0.4, -0.2) is 43.6 Å². The Bertz CT molecular complexity index is 423. The highest BCUT2D eigenvalue weighted by molar-refractivity contribution is 5.74. The number of ether oxygens (including phenoxy) is 2. The van der Waals surface area contributed by atoms with Crippen molar-refractivity contribution in [1.29, 1.82) is 0 Å². The summed E-state index contributed by atoms with van der Waals surface area (Å²) < 4.78 is 11.1. The quantitative estimate of drug-likeness (QED) is 0.803. The van der Waals surface area contributed by atoms with Crippen molar-refractivity contribution in [3.05, 3.63) is 18.2 Å². The van der Waals surface area contributed by atoms with Crippen molar-refractivity contribution in [2.45, 2.75) is 26.1 Å². The third-order valence-electron chi connectivity index (χ3n) is 3.09. The van der Waals surface area contributed by atoms with Crippen molar-refractivity contribution in [1.82, 2.24) is 0 Å². The van der Waals surface area contributed by atoms with E-state index in [9.17, 15) is 5.11 Å². The molecular formula is C14H22N2O3. The van der Waals surface area contributed by atoms with E-state index in [0.29, 0.717) is 24.6 Å². The maximum atomic E-state index is 9.19. The van der Waals surface area contributed by atoms with Gasteiger partial charge in [-0.3, -0.25) is 0 Å². The number of hydrogen-bond donors (Lipinski definition) is 2. The molecule has 19 heavy (non-hydrogen) atoms. The van der Waals surface area contributed by atoms with E-state index < -0.39 is 0 Å². The molecule has 0 aliphatic carbocycles. The molecule has 1 saturated heterocycles. The van der Waals surface area contributed by atoms with Crippen LogP contribution in [-0.2, 0) is 4.74 Å². The summed E-state index contributed by atoms with van der Waals surface area (Å²) in [4.78, 5) is 2.13. The van der Waals surface area contributed by atoms with Crippen LogP contribution < -0.4 is 15.4 Å². The number of anilines is 2. The minimum absolute atomic E-state index is 0.0264. The zero-order valence-corrected chi connectivity index (χ0v) is 11.5. The lowest BCUT2D eigenvalue weighted by Crippen LogP contribution is -2.44. The lowest BCUT2D eigenvalue weighted by atomic mass is 10.2. The number of nitrogens with two attached hydrogens (primary N) is 1. The van der Waals surface area contributed by atoms with Gasteiger partial charge in [-0.2, -0.15) is 0 Å². The molecule has 0 saturated carbocycles. The molecule has 1 aliphatic rings. The van der Waals surface area contributed by atoms with Crippen molar-refractivity contribution in [3.8, 4) is 5.75 Å². The zero-order valence-electron chi connectivity index (χ0n) is 11.5. The number of benzene rings is 1. The summed E-state index contributed by atoms with van der Waals surface area (Å²) in [5, 5.41) is 9.19. The first-order valence-electron chi connectivity index (χ1n) is 6.64. The molecule has 0 aromatic heterocycles. The van der Waals surface area contributed by atoms with Crippen LogP contribution in [0, 0.1) is 0 Å². The van der Waals surface area contributed by atoms with Gasteiger partial charge in [0, 0.05) is 13.1 Å². The topological polar surface area (TPSA) is 68.0 Å². The Morgan fingerprint density at radius 2 is 2.32 bits per heavy atom. The van der Waals surface area contributed by atoms with E-state index in [1.54, 1.807) is 0 Å². The number of rotatable bonds is 4. The smallest absolute Gasteiger partial charge is 0.144 e. The average Bonchev–Trinajstić information content (AvgIpc) is 2.41. The van der Waals surface area contributed by atoms with Crippen molar-refractivity contribution in [2.24, 2.45) is 0 Å². The summed E-state index contributed by atoms with van der Waals surface area (Å²) in [7, 11) is 0. The Labute approximate surface area is 113 Å². The summed E-state index contributed by atoms with van der Waals surface area (Å²) in [6.07, 6.45) is -0.0600. The highest BCUT2D eigenvalue weighted by atomic mass is 16.5. The summed E-state index contributed by atoms with van der Waals surface area (Å²) in [5.41, 5.74) is 7.77. The highest BCUT2D eigenvalue weighted by Crippen LogP contribution is 2.33. The average molecular weight is 266 g/mol. The van der Waals surface area contributed by atoms with Crippen molar-refractivity contribution >= 4 is 11.4 Å². The second kappa shape index (κ2) is 6.12. The molecule has 1 unspecified atom stereocenters. The molecule has 1 atom stereocenters. The van der Waals surface area contributed by atoms with Crippen LogP contribution in [0.2, 0.25) is 0 Å². The van der Waals surface area contributed by atoms with Crippen LogP contribution >= 0.6 is 0 Å². The van der Waals surface area contributed by atoms with E-state index in [1.165, 1.54) is 0 Å². The van der Waals surface area contributed by atoms with Gasteiger partial charge in [-0.05, 0) is 26.0 Å². The minimum atomic E-state index is -0.150. The van der Waals surface area contributed by atoms with Gasteiger partial charge < -0.3 is 25.2 Å². The second-order valence-corrected chi connectivity index (χ2v) is 4.98. The predicted octanol–water partition coefficient (Wildman–Crippen LogP) is 1.25. The molecule has 5 heteroatoms. The molecule has 1 heterocycles. The van der Waals surface area contributed by atoms with E-state index in [2.05, 4.69) is 4.90 Å². The summed E-state index contributed by atoms with van der Waals surface area (Å²) in [6, 6.07) is 5.79. The Hall–Kier alpha value is -1.46. The molecule has 0 bridgehead atoms. The molecule has 106 valence electrons. The standard InChI is InChI=1S/C14H22N2O3/c1-10(2)19-13-5-3-4-12(14(13)15)16-6-7-18-11(8-16)9-17/h3-5,10-11,17H,6-9,15H2,1-2H3. The van der Waals surface area contributed by atoms with Crippen LogP contribution in [0.5, 0.6) is 5.75 Å². The van der Waals surface area contributed by atoms with Gasteiger partial charge in [0.15, 0.2) is 0 Å². The van der Waals surface area contributed by atoms with Crippen LogP contribution in [0.15, 0.2) is 18.2 Å². The van der Waals surface area contributed by atoms with E-state index in [-0.39, 0.29) is 18.8 Å². The first-order valence-corrected chi connectivity index (χ1v) is 6.64. The van der Waals surface area contributed by atoms with Crippen LogP contribution in [0.4, 0.5) is 11.4 Å². The first-order chi connectivity index (χ1) is 9.11. The van der Waals surface area contributed by atoms with Gasteiger partial charge in [0.25, 0.3) is 0 Å². The molecule has 5 nitrogen and oxygen atoms in total. The molecule has 1 aromatic carbocycles. The Morgan fingerprint density at radius 1 is 1.53 bits per heavy atom. The largest absolute Gasteiger partial charge is 0.489 e. The van der Waals surface area contributed by atoms with Crippen molar-refractivity contribution < 1.29 is 14.6 Å². The maximum Gasteiger partial charge on any atom is 0.144 e. The number of aliphatic hydroxyl groups excluding tert-OH is 1. The lowest BCUT2D eigenvalue weighted by Gasteiger charge is -2.34. The minimum Gasteiger partial charge on any atom is -0.489 e. The third-order valence-corrected chi connectivity index (χ3v) is 3.09. The number of aliphatic hydroxyl groups is 1. The van der Waals surface area contributed by atoms with Gasteiger partial charge in [0.05, 0.1) is 36.8 Å².